The molecule has 0 N–H and O–H groups in total. The molecular formula is C17H23FN2O. The van der Waals surface area contributed by atoms with Gasteiger partial charge in [0.2, 0.25) is 0 Å². The Kier molecular flexibility index (Phi) is 3.98. The van der Waals surface area contributed by atoms with Crippen LogP contribution in [0.2, 0.25) is 0 Å². The van der Waals surface area contributed by atoms with Gasteiger partial charge in [-0.25, -0.2) is 4.39 Å². The Bertz CT molecular complexity index is 516. The lowest BCUT2D eigenvalue weighted by atomic mass is 9.84. The van der Waals surface area contributed by atoms with E-state index < -0.39 is 0 Å². The third-order valence-corrected chi connectivity index (χ3v) is 4.61. The molecule has 0 amide bonds. The number of rotatable bonds is 3. The highest BCUT2D eigenvalue weighted by Crippen LogP contribution is 2.36. The second-order valence-corrected chi connectivity index (χ2v) is 6.59. The smallest absolute Gasteiger partial charge is 0.145 e. The zero-order valence-corrected chi connectivity index (χ0v) is 12.8. The molecule has 0 aromatic heterocycles. The molecule has 114 valence electrons. The molecule has 1 aromatic rings. The molecule has 0 atom stereocenters. The second-order valence-electron chi connectivity index (χ2n) is 6.59. The predicted molar refractivity (Wildman–Crippen MR) is 81.6 cm³/mol. The second kappa shape index (κ2) is 5.76. The molecule has 0 saturated carbocycles. The molecule has 0 radical (unpaired) electrons. The highest BCUT2D eigenvalue weighted by molar-refractivity contribution is 5.87. The fraction of sp³-hybridized carbons (Fsp3) is 0.588. The van der Waals surface area contributed by atoms with E-state index in [9.17, 15) is 4.39 Å². The minimum atomic E-state index is -0.172. The van der Waals surface area contributed by atoms with Crippen LogP contribution in [0.4, 0.5) is 4.39 Å². The van der Waals surface area contributed by atoms with Crippen LogP contribution >= 0.6 is 0 Å². The van der Waals surface area contributed by atoms with Crippen molar-refractivity contribution in [2.45, 2.75) is 45.3 Å². The van der Waals surface area contributed by atoms with Crippen molar-refractivity contribution in [3.8, 4) is 0 Å². The number of piperidine rings is 1. The highest BCUT2D eigenvalue weighted by Gasteiger charge is 2.42. The lowest BCUT2D eigenvalue weighted by Gasteiger charge is -2.37. The summed E-state index contributed by atoms with van der Waals surface area (Å²) in [6.07, 6.45) is 3.02. The average molecular weight is 290 g/mol. The maximum Gasteiger partial charge on any atom is 0.145 e. The average Bonchev–Trinajstić information content (AvgIpc) is 2.89. The van der Waals surface area contributed by atoms with Gasteiger partial charge in [0.25, 0.3) is 0 Å². The first-order valence-corrected chi connectivity index (χ1v) is 7.78. The Morgan fingerprint density at radius 2 is 1.90 bits per heavy atom. The maximum absolute atomic E-state index is 12.9. The monoisotopic (exact) mass is 290 g/mol. The molecule has 2 heterocycles. The molecule has 2 aliphatic heterocycles. The molecule has 3 nitrogen and oxygen atoms in total. The van der Waals surface area contributed by atoms with Crippen molar-refractivity contribution in [3.05, 3.63) is 35.6 Å². The van der Waals surface area contributed by atoms with Gasteiger partial charge in [0.15, 0.2) is 0 Å². The first kappa shape index (κ1) is 14.5. The maximum atomic E-state index is 12.9. The van der Waals surface area contributed by atoms with Gasteiger partial charge in [-0.05, 0) is 23.6 Å². The molecule has 1 fully saturated rings. The van der Waals surface area contributed by atoms with E-state index in [1.54, 1.807) is 0 Å². The van der Waals surface area contributed by atoms with E-state index in [4.69, 9.17) is 4.84 Å². The van der Waals surface area contributed by atoms with Crippen LogP contribution in [0.3, 0.4) is 0 Å². The zero-order valence-electron chi connectivity index (χ0n) is 12.8. The molecule has 1 spiro atoms. The van der Waals surface area contributed by atoms with E-state index in [-0.39, 0.29) is 11.4 Å². The van der Waals surface area contributed by atoms with Crippen LogP contribution in [-0.2, 0) is 11.4 Å². The lowest BCUT2D eigenvalue weighted by molar-refractivity contribution is -0.0627. The SMILES string of the molecule is CC(C)C1=NOC2(CCN(Cc3ccc(F)cc3)CC2)C1. The summed E-state index contributed by atoms with van der Waals surface area (Å²) in [5.74, 6) is 0.302. The van der Waals surface area contributed by atoms with Crippen LogP contribution < -0.4 is 0 Å². The van der Waals surface area contributed by atoms with Gasteiger partial charge in [-0.15, -0.1) is 0 Å². The van der Waals surface area contributed by atoms with Crippen LogP contribution in [0, 0.1) is 11.7 Å². The van der Waals surface area contributed by atoms with Gasteiger partial charge in [0.05, 0.1) is 5.71 Å². The summed E-state index contributed by atoms with van der Waals surface area (Å²) in [5.41, 5.74) is 2.31. The van der Waals surface area contributed by atoms with Crippen molar-refractivity contribution in [1.82, 2.24) is 4.90 Å². The fourth-order valence-corrected chi connectivity index (χ4v) is 3.09. The van der Waals surface area contributed by atoms with E-state index in [1.165, 1.54) is 23.4 Å². The summed E-state index contributed by atoms with van der Waals surface area (Å²) in [6, 6.07) is 6.80. The van der Waals surface area contributed by atoms with Gasteiger partial charge in [-0.3, -0.25) is 4.90 Å². The molecular weight excluding hydrogens is 267 g/mol. The van der Waals surface area contributed by atoms with Crippen molar-refractivity contribution >= 4 is 5.71 Å². The molecule has 21 heavy (non-hydrogen) atoms. The topological polar surface area (TPSA) is 24.8 Å². The number of halogens is 1. The van der Waals surface area contributed by atoms with Crippen LogP contribution in [0.25, 0.3) is 0 Å². The molecule has 0 bridgehead atoms. The Labute approximate surface area is 125 Å². The fourth-order valence-electron chi connectivity index (χ4n) is 3.09. The minimum Gasteiger partial charge on any atom is -0.389 e. The number of nitrogens with zero attached hydrogens (tertiary/aromatic N) is 2. The van der Waals surface area contributed by atoms with Gasteiger partial charge in [-0.2, -0.15) is 0 Å². The van der Waals surface area contributed by atoms with Crippen LogP contribution in [-0.4, -0.2) is 29.3 Å². The quantitative estimate of drug-likeness (QED) is 0.850. The van der Waals surface area contributed by atoms with Crippen LogP contribution in [0.15, 0.2) is 29.4 Å². The van der Waals surface area contributed by atoms with Crippen molar-refractivity contribution in [3.63, 3.8) is 0 Å². The van der Waals surface area contributed by atoms with Crippen LogP contribution in [0.1, 0.15) is 38.7 Å². The van der Waals surface area contributed by atoms with E-state index in [2.05, 4.69) is 23.9 Å². The number of benzene rings is 1. The standard InChI is InChI=1S/C17H23FN2O/c1-13(2)16-11-17(21-19-16)7-9-20(10-8-17)12-14-3-5-15(18)6-4-14/h3-6,13H,7-12H2,1-2H3. The Balaban J connectivity index is 1.53. The lowest BCUT2D eigenvalue weighted by Crippen LogP contribution is -2.44. The van der Waals surface area contributed by atoms with Gasteiger partial charge in [0, 0.05) is 38.9 Å². The van der Waals surface area contributed by atoms with Gasteiger partial charge < -0.3 is 4.84 Å². The van der Waals surface area contributed by atoms with Crippen molar-refractivity contribution in [2.24, 2.45) is 11.1 Å². The summed E-state index contributed by atoms with van der Waals surface area (Å²) < 4.78 is 12.9. The molecule has 0 aliphatic carbocycles. The van der Waals surface area contributed by atoms with E-state index >= 15 is 0 Å². The molecule has 3 rings (SSSR count). The summed E-state index contributed by atoms with van der Waals surface area (Å²) >= 11 is 0. The number of hydrogen-bond acceptors (Lipinski definition) is 3. The molecule has 1 saturated heterocycles. The third-order valence-electron chi connectivity index (χ3n) is 4.61. The molecule has 1 aromatic carbocycles. The van der Waals surface area contributed by atoms with Crippen LogP contribution in [0.5, 0.6) is 0 Å². The number of likely N-dealkylation sites (tertiary alicyclic amines) is 1. The summed E-state index contributed by atoms with van der Waals surface area (Å²) in [6.45, 7) is 7.25. The van der Waals surface area contributed by atoms with E-state index in [0.29, 0.717) is 5.92 Å². The minimum absolute atomic E-state index is 0.0566. The first-order chi connectivity index (χ1) is 10.1. The number of oxime groups is 1. The summed E-state index contributed by atoms with van der Waals surface area (Å²) in [7, 11) is 0. The molecule has 4 heteroatoms. The highest BCUT2D eigenvalue weighted by atomic mass is 19.1. The Hall–Kier alpha value is -1.42. The summed E-state index contributed by atoms with van der Waals surface area (Å²) in [5, 5.41) is 4.29. The van der Waals surface area contributed by atoms with Crippen molar-refractivity contribution < 1.29 is 9.23 Å². The van der Waals surface area contributed by atoms with Crippen molar-refractivity contribution in [1.29, 1.82) is 0 Å². The van der Waals surface area contributed by atoms with Gasteiger partial charge >= 0.3 is 0 Å². The summed E-state index contributed by atoms with van der Waals surface area (Å²) in [4.78, 5) is 8.19. The van der Waals surface area contributed by atoms with E-state index in [1.807, 2.05) is 12.1 Å². The third kappa shape index (κ3) is 3.26. The van der Waals surface area contributed by atoms with Gasteiger partial charge in [0.1, 0.15) is 11.4 Å². The van der Waals surface area contributed by atoms with Gasteiger partial charge in [-0.1, -0.05) is 31.1 Å². The zero-order chi connectivity index (χ0) is 14.9. The molecule has 0 unspecified atom stereocenters. The largest absolute Gasteiger partial charge is 0.389 e. The first-order valence-electron chi connectivity index (χ1n) is 7.78. The normalized spacial score (nSPS) is 21.6. The Morgan fingerprint density at radius 3 is 2.48 bits per heavy atom. The number of hydrogen-bond donors (Lipinski definition) is 0. The predicted octanol–water partition coefficient (Wildman–Crippen LogP) is 3.59. The molecule has 2 aliphatic rings. The van der Waals surface area contributed by atoms with Crippen molar-refractivity contribution in [2.75, 3.05) is 13.1 Å². The van der Waals surface area contributed by atoms with E-state index in [0.717, 1.165) is 38.9 Å². The Morgan fingerprint density at radius 1 is 1.24 bits per heavy atom.